The summed E-state index contributed by atoms with van der Waals surface area (Å²) in [5.41, 5.74) is 3.33. The highest BCUT2D eigenvalue weighted by Crippen LogP contribution is 2.38. The van der Waals surface area contributed by atoms with Crippen LogP contribution in [-0.2, 0) is 0 Å². The molecule has 0 fully saturated rings. The second-order valence-corrected chi connectivity index (χ2v) is 5.50. The van der Waals surface area contributed by atoms with E-state index in [1.165, 1.54) is 0 Å². The summed E-state index contributed by atoms with van der Waals surface area (Å²) >= 11 is 3.58. The van der Waals surface area contributed by atoms with Crippen LogP contribution in [0.15, 0.2) is 36.4 Å². The smallest absolute Gasteiger partial charge is 0.130 e. The molecule has 0 heterocycles. The first-order valence-corrected chi connectivity index (χ1v) is 6.99. The van der Waals surface area contributed by atoms with Crippen molar-refractivity contribution in [1.29, 1.82) is 0 Å². The van der Waals surface area contributed by atoms with Gasteiger partial charge in [0.25, 0.3) is 0 Å². The van der Waals surface area contributed by atoms with E-state index in [-0.39, 0.29) is 10.6 Å². The number of halogens is 2. The fraction of sp³-hybridized carbons (Fsp3) is 0.250. The highest BCUT2D eigenvalue weighted by Gasteiger charge is 2.19. The quantitative estimate of drug-likeness (QED) is 0.727. The van der Waals surface area contributed by atoms with Crippen LogP contribution < -0.4 is 4.74 Å². The Labute approximate surface area is 121 Å². The molecule has 0 spiro atoms. The second kappa shape index (κ2) is 5.74. The van der Waals surface area contributed by atoms with Crippen molar-refractivity contribution in [3.8, 4) is 5.75 Å². The lowest BCUT2D eigenvalue weighted by Crippen LogP contribution is -2.01. The lowest BCUT2D eigenvalue weighted by molar-refractivity contribution is 0.410. The van der Waals surface area contributed by atoms with Crippen molar-refractivity contribution in [3.63, 3.8) is 0 Å². The van der Waals surface area contributed by atoms with Crippen LogP contribution in [0.3, 0.4) is 0 Å². The van der Waals surface area contributed by atoms with Gasteiger partial charge >= 0.3 is 0 Å². The van der Waals surface area contributed by atoms with Gasteiger partial charge in [-0.15, -0.1) is 0 Å². The monoisotopic (exact) mass is 322 g/mol. The van der Waals surface area contributed by atoms with Gasteiger partial charge in [0.2, 0.25) is 0 Å². The van der Waals surface area contributed by atoms with Crippen molar-refractivity contribution in [3.05, 3.63) is 64.5 Å². The third-order valence-electron chi connectivity index (χ3n) is 3.15. The molecule has 0 saturated carbocycles. The van der Waals surface area contributed by atoms with Gasteiger partial charge < -0.3 is 4.74 Å². The zero-order chi connectivity index (χ0) is 14.0. The van der Waals surface area contributed by atoms with E-state index in [2.05, 4.69) is 15.9 Å². The van der Waals surface area contributed by atoms with E-state index in [0.717, 1.165) is 16.9 Å². The summed E-state index contributed by atoms with van der Waals surface area (Å²) in [6, 6.07) is 11.3. The molecule has 0 N–H and O–H groups in total. The molecule has 0 bridgehead atoms. The Hall–Kier alpha value is -1.35. The van der Waals surface area contributed by atoms with Crippen molar-refractivity contribution >= 4 is 15.9 Å². The fourth-order valence-electron chi connectivity index (χ4n) is 2.09. The maximum absolute atomic E-state index is 14.2. The Morgan fingerprint density at radius 2 is 1.84 bits per heavy atom. The first kappa shape index (κ1) is 14.1. The van der Waals surface area contributed by atoms with Gasteiger partial charge in [-0.2, -0.15) is 0 Å². The molecular weight excluding hydrogens is 307 g/mol. The summed E-state index contributed by atoms with van der Waals surface area (Å²) in [5, 5.41) is 0. The van der Waals surface area contributed by atoms with E-state index >= 15 is 0 Å². The predicted molar refractivity (Wildman–Crippen MR) is 79.6 cm³/mol. The number of alkyl halides is 1. The van der Waals surface area contributed by atoms with Gasteiger partial charge in [-0.1, -0.05) is 51.8 Å². The van der Waals surface area contributed by atoms with Crippen LogP contribution in [-0.4, -0.2) is 7.11 Å². The van der Waals surface area contributed by atoms with Crippen molar-refractivity contribution in [2.45, 2.75) is 18.7 Å². The van der Waals surface area contributed by atoms with Crippen LogP contribution in [0.25, 0.3) is 0 Å². The highest BCUT2D eigenvalue weighted by molar-refractivity contribution is 9.09. The average molecular weight is 323 g/mol. The van der Waals surface area contributed by atoms with Gasteiger partial charge in [0.1, 0.15) is 11.6 Å². The number of hydrogen-bond donors (Lipinski definition) is 0. The molecule has 0 radical (unpaired) electrons. The number of ether oxygens (including phenoxy) is 1. The minimum absolute atomic E-state index is 0.173. The minimum atomic E-state index is -0.220. The van der Waals surface area contributed by atoms with Crippen molar-refractivity contribution in [2.75, 3.05) is 7.11 Å². The lowest BCUT2D eigenvalue weighted by Gasteiger charge is -2.16. The molecule has 1 atom stereocenters. The zero-order valence-electron chi connectivity index (χ0n) is 11.2. The van der Waals surface area contributed by atoms with Crippen LogP contribution in [0.5, 0.6) is 5.75 Å². The minimum Gasteiger partial charge on any atom is -0.496 e. The number of benzene rings is 2. The molecule has 0 aliphatic carbocycles. The first-order chi connectivity index (χ1) is 9.04. The summed E-state index contributed by atoms with van der Waals surface area (Å²) in [5.74, 6) is 0.585. The third-order valence-corrected chi connectivity index (χ3v) is 4.14. The molecule has 2 aromatic rings. The molecule has 0 aliphatic rings. The van der Waals surface area contributed by atoms with E-state index in [9.17, 15) is 4.39 Å². The Kier molecular flexibility index (Phi) is 4.25. The molecule has 100 valence electrons. The maximum Gasteiger partial charge on any atom is 0.130 e. The summed E-state index contributed by atoms with van der Waals surface area (Å²) in [6.45, 7) is 3.78. The lowest BCUT2D eigenvalue weighted by atomic mass is 10.00. The normalized spacial score (nSPS) is 12.3. The molecule has 0 amide bonds. The standard InChI is InChI=1S/C16H16BrFO/c1-10-7-8-14(19-3)13(9-10)15(17)12-6-4-5-11(2)16(12)18/h4-9,15H,1-3H3. The van der Waals surface area contributed by atoms with E-state index in [1.807, 2.05) is 31.2 Å². The van der Waals surface area contributed by atoms with E-state index in [1.54, 1.807) is 26.2 Å². The molecule has 0 aromatic heterocycles. The van der Waals surface area contributed by atoms with E-state index in [0.29, 0.717) is 11.1 Å². The van der Waals surface area contributed by atoms with Gasteiger partial charge in [0, 0.05) is 11.1 Å². The predicted octanol–water partition coefficient (Wildman–Crippen LogP) is 4.94. The zero-order valence-corrected chi connectivity index (χ0v) is 12.8. The highest BCUT2D eigenvalue weighted by atomic mass is 79.9. The summed E-state index contributed by atoms with van der Waals surface area (Å²) < 4.78 is 19.6. The SMILES string of the molecule is COc1ccc(C)cc1C(Br)c1cccc(C)c1F. The Morgan fingerprint density at radius 3 is 2.53 bits per heavy atom. The molecular formula is C16H16BrFO. The van der Waals surface area contributed by atoms with Crippen LogP contribution in [0.1, 0.15) is 27.1 Å². The summed E-state index contributed by atoms with van der Waals surface area (Å²) in [7, 11) is 1.63. The van der Waals surface area contributed by atoms with Crippen molar-refractivity contribution < 1.29 is 9.13 Å². The molecule has 2 rings (SSSR count). The molecule has 0 aliphatic heterocycles. The maximum atomic E-state index is 14.2. The molecule has 1 nitrogen and oxygen atoms in total. The van der Waals surface area contributed by atoms with E-state index < -0.39 is 0 Å². The Morgan fingerprint density at radius 1 is 1.11 bits per heavy atom. The van der Waals surface area contributed by atoms with Crippen molar-refractivity contribution in [1.82, 2.24) is 0 Å². The van der Waals surface area contributed by atoms with Gasteiger partial charge in [0.05, 0.1) is 11.9 Å². The van der Waals surface area contributed by atoms with Gasteiger partial charge in [-0.25, -0.2) is 4.39 Å². The van der Waals surface area contributed by atoms with Gasteiger partial charge in [-0.3, -0.25) is 0 Å². The molecule has 0 saturated heterocycles. The Balaban J connectivity index is 2.52. The van der Waals surface area contributed by atoms with Gasteiger partial charge in [0.15, 0.2) is 0 Å². The summed E-state index contributed by atoms with van der Waals surface area (Å²) in [4.78, 5) is -0.220. The summed E-state index contributed by atoms with van der Waals surface area (Å²) in [6.07, 6.45) is 0. The molecule has 2 aromatic carbocycles. The largest absolute Gasteiger partial charge is 0.496 e. The van der Waals surface area contributed by atoms with Crippen molar-refractivity contribution in [2.24, 2.45) is 0 Å². The topological polar surface area (TPSA) is 9.23 Å². The Bertz CT molecular complexity index is 595. The van der Waals surface area contributed by atoms with Crippen LogP contribution in [0, 0.1) is 19.7 Å². The fourth-order valence-corrected chi connectivity index (χ4v) is 2.80. The molecule has 1 unspecified atom stereocenters. The molecule has 3 heteroatoms. The number of aryl methyl sites for hydroxylation is 2. The van der Waals surface area contributed by atoms with Crippen LogP contribution in [0.4, 0.5) is 4.39 Å². The van der Waals surface area contributed by atoms with Crippen LogP contribution in [0.2, 0.25) is 0 Å². The van der Waals surface area contributed by atoms with Gasteiger partial charge in [-0.05, 0) is 25.5 Å². The van der Waals surface area contributed by atoms with Crippen LogP contribution >= 0.6 is 15.9 Å². The number of methoxy groups -OCH3 is 1. The third kappa shape index (κ3) is 2.81. The number of hydrogen-bond acceptors (Lipinski definition) is 1. The second-order valence-electron chi connectivity index (χ2n) is 4.59. The average Bonchev–Trinajstić information content (AvgIpc) is 2.41. The number of rotatable bonds is 3. The molecule has 19 heavy (non-hydrogen) atoms. The van der Waals surface area contributed by atoms with E-state index in [4.69, 9.17) is 4.74 Å². The first-order valence-electron chi connectivity index (χ1n) is 6.08.